The number of nitrogens with one attached hydrogen (secondary N) is 1. The molecule has 2 aliphatic heterocycles. The van der Waals surface area contributed by atoms with E-state index < -0.39 is 0 Å². The van der Waals surface area contributed by atoms with Crippen LogP contribution in [-0.4, -0.2) is 49.2 Å². The molecule has 0 spiro atoms. The lowest BCUT2D eigenvalue weighted by atomic mass is 10.1. The lowest BCUT2D eigenvalue weighted by Gasteiger charge is -2.35. The molecule has 114 valence electrons. The first kappa shape index (κ1) is 14.5. The number of halogens is 1. The van der Waals surface area contributed by atoms with Crippen LogP contribution in [0.5, 0.6) is 0 Å². The minimum Gasteiger partial charge on any atom is -0.373 e. The van der Waals surface area contributed by atoms with Crippen LogP contribution in [0.3, 0.4) is 0 Å². The van der Waals surface area contributed by atoms with Gasteiger partial charge in [-0.1, -0.05) is 6.07 Å². The van der Waals surface area contributed by atoms with Crippen molar-refractivity contribution in [3.8, 4) is 0 Å². The average molecular weight is 292 g/mol. The van der Waals surface area contributed by atoms with E-state index in [0.717, 1.165) is 19.7 Å². The maximum absolute atomic E-state index is 13.5. The first-order valence-electron chi connectivity index (χ1n) is 7.53. The van der Waals surface area contributed by atoms with Crippen molar-refractivity contribution in [2.45, 2.75) is 31.9 Å². The van der Waals surface area contributed by atoms with Crippen LogP contribution in [0.2, 0.25) is 0 Å². The van der Waals surface area contributed by atoms with Gasteiger partial charge >= 0.3 is 0 Å². The van der Waals surface area contributed by atoms with Gasteiger partial charge in [-0.15, -0.1) is 0 Å². The molecule has 4 nitrogen and oxygen atoms in total. The fourth-order valence-corrected chi connectivity index (χ4v) is 3.05. The fourth-order valence-electron chi connectivity index (χ4n) is 3.05. The summed E-state index contributed by atoms with van der Waals surface area (Å²) < 4.78 is 19.3. The highest BCUT2D eigenvalue weighted by Gasteiger charge is 2.32. The summed E-state index contributed by atoms with van der Waals surface area (Å²) in [5.74, 6) is -0.600. The second-order valence-electron chi connectivity index (χ2n) is 5.92. The zero-order valence-electron chi connectivity index (χ0n) is 12.3. The average Bonchev–Trinajstić information content (AvgIpc) is 2.95. The number of nitrogens with zero attached hydrogens (tertiary/aromatic N) is 1. The van der Waals surface area contributed by atoms with E-state index in [9.17, 15) is 9.18 Å². The number of rotatable bonds is 3. The molecule has 2 saturated heterocycles. The number of hydrogen-bond donors (Lipinski definition) is 1. The van der Waals surface area contributed by atoms with Crippen LogP contribution in [0.4, 0.5) is 4.39 Å². The van der Waals surface area contributed by atoms with E-state index in [0.29, 0.717) is 23.7 Å². The molecule has 2 atom stereocenters. The van der Waals surface area contributed by atoms with Crippen molar-refractivity contribution >= 4 is 5.91 Å². The number of hydrogen-bond acceptors (Lipinski definition) is 3. The Morgan fingerprint density at radius 3 is 3.19 bits per heavy atom. The van der Waals surface area contributed by atoms with Gasteiger partial charge < -0.3 is 10.1 Å². The van der Waals surface area contributed by atoms with Crippen LogP contribution >= 0.6 is 0 Å². The lowest BCUT2D eigenvalue weighted by molar-refractivity contribution is -0.0461. The Balaban J connectivity index is 1.52. The molecule has 0 aromatic heterocycles. The third kappa shape index (κ3) is 3.24. The van der Waals surface area contributed by atoms with E-state index >= 15 is 0 Å². The summed E-state index contributed by atoms with van der Waals surface area (Å²) in [5.41, 5.74) is 0.898. The van der Waals surface area contributed by atoms with Gasteiger partial charge in [-0.25, -0.2) is 4.39 Å². The predicted molar refractivity (Wildman–Crippen MR) is 77.8 cm³/mol. The molecule has 1 aromatic rings. The van der Waals surface area contributed by atoms with Gasteiger partial charge in [0.05, 0.1) is 12.7 Å². The second-order valence-corrected chi connectivity index (χ2v) is 5.92. The first-order valence-corrected chi connectivity index (χ1v) is 7.53. The first-order chi connectivity index (χ1) is 10.1. The molecule has 0 radical (unpaired) electrons. The Bertz CT molecular complexity index is 535. The van der Waals surface area contributed by atoms with Crippen LogP contribution < -0.4 is 5.32 Å². The Hall–Kier alpha value is -1.46. The largest absolute Gasteiger partial charge is 0.373 e. The molecule has 3 rings (SSSR count). The number of carbonyl (C=O) groups is 1. The van der Waals surface area contributed by atoms with Crippen molar-refractivity contribution in [3.63, 3.8) is 0 Å². The third-order valence-corrected chi connectivity index (χ3v) is 4.39. The predicted octanol–water partition coefficient (Wildman–Crippen LogP) is 1.73. The normalized spacial score (nSPS) is 25.6. The van der Waals surface area contributed by atoms with Crippen molar-refractivity contribution in [2.75, 3.05) is 26.2 Å². The molecular weight excluding hydrogens is 271 g/mol. The Kier molecular flexibility index (Phi) is 4.22. The number of morpholine rings is 1. The summed E-state index contributed by atoms with van der Waals surface area (Å²) in [5, 5.41) is 2.84. The standard InChI is InChI=1S/C16H21FN2O2/c1-11-4-5-12(7-15(11)17)16(20)18-8-14-9-19-6-2-3-13(19)10-21-14/h4-5,7,13-14H,2-3,6,8-10H2,1H3,(H,18,20)/t13-,14-/m1/s1. The zero-order chi connectivity index (χ0) is 14.8. The van der Waals surface area contributed by atoms with E-state index in [1.807, 2.05) is 0 Å². The number of fused-ring (bicyclic) bond motifs is 1. The number of carbonyl (C=O) groups excluding carboxylic acids is 1. The molecule has 0 saturated carbocycles. The fraction of sp³-hybridized carbons (Fsp3) is 0.562. The molecule has 2 heterocycles. The highest BCUT2D eigenvalue weighted by Crippen LogP contribution is 2.22. The van der Waals surface area contributed by atoms with E-state index in [2.05, 4.69) is 10.2 Å². The van der Waals surface area contributed by atoms with E-state index in [1.165, 1.54) is 18.9 Å². The maximum atomic E-state index is 13.5. The van der Waals surface area contributed by atoms with Gasteiger partial charge in [-0.05, 0) is 44.0 Å². The molecule has 2 aliphatic rings. The van der Waals surface area contributed by atoms with Crippen LogP contribution in [-0.2, 0) is 4.74 Å². The zero-order valence-corrected chi connectivity index (χ0v) is 12.3. The van der Waals surface area contributed by atoms with Crippen molar-refractivity contribution < 1.29 is 13.9 Å². The molecule has 5 heteroatoms. The molecule has 2 fully saturated rings. The minimum atomic E-state index is -0.350. The van der Waals surface area contributed by atoms with Crippen LogP contribution in [0.1, 0.15) is 28.8 Å². The van der Waals surface area contributed by atoms with Crippen molar-refractivity contribution in [3.05, 3.63) is 35.1 Å². The van der Waals surface area contributed by atoms with Crippen molar-refractivity contribution in [2.24, 2.45) is 0 Å². The van der Waals surface area contributed by atoms with Gasteiger partial charge in [0.1, 0.15) is 5.82 Å². The summed E-state index contributed by atoms with van der Waals surface area (Å²) >= 11 is 0. The number of amides is 1. The highest BCUT2D eigenvalue weighted by atomic mass is 19.1. The summed E-state index contributed by atoms with van der Waals surface area (Å²) in [4.78, 5) is 14.5. The molecule has 1 aromatic carbocycles. The van der Waals surface area contributed by atoms with E-state index in [-0.39, 0.29) is 17.8 Å². The van der Waals surface area contributed by atoms with Crippen molar-refractivity contribution in [1.82, 2.24) is 10.2 Å². The molecule has 1 amide bonds. The number of aryl methyl sites for hydroxylation is 1. The monoisotopic (exact) mass is 292 g/mol. The van der Waals surface area contributed by atoms with Crippen molar-refractivity contribution in [1.29, 1.82) is 0 Å². The van der Waals surface area contributed by atoms with Crippen LogP contribution in [0, 0.1) is 12.7 Å². The molecule has 1 N–H and O–H groups in total. The smallest absolute Gasteiger partial charge is 0.251 e. The molecule has 21 heavy (non-hydrogen) atoms. The van der Waals surface area contributed by atoms with Gasteiger partial charge in [0.2, 0.25) is 0 Å². The third-order valence-electron chi connectivity index (χ3n) is 4.39. The van der Waals surface area contributed by atoms with E-state index in [1.54, 1.807) is 19.1 Å². The topological polar surface area (TPSA) is 41.6 Å². The highest BCUT2D eigenvalue weighted by molar-refractivity contribution is 5.94. The molecular formula is C16H21FN2O2. The van der Waals surface area contributed by atoms with Gasteiger partial charge in [0.25, 0.3) is 5.91 Å². The van der Waals surface area contributed by atoms with Gasteiger partial charge in [0.15, 0.2) is 0 Å². The van der Waals surface area contributed by atoms with Gasteiger partial charge in [-0.2, -0.15) is 0 Å². The van der Waals surface area contributed by atoms with Gasteiger partial charge in [0, 0.05) is 24.7 Å². The summed E-state index contributed by atoms with van der Waals surface area (Å²) in [6.07, 6.45) is 2.47. The number of ether oxygens (including phenoxy) is 1. The quantitative estimate of drug-likeness (QED) is 0.922. The number of benzene rings is 1. The maximum Gasteiger partial charge on any atom is 0.251 e. The Morgan fingerprint density at radius 1 is 1.52 bits per heavy atom. The molecule has 0 aliphatic carbocycles. The van der Waals surface area contributed by atoms with Crippen LogP contribution in [0.25, 0.3) is 0 Å². The summed E-state index contributed by atoms with van der Waals surface area (Å²) in [6.45, 7) is 4.89. The van der Waals surface area contributed by atoms with Crippen LogP contribution in [0.15, 0.2) is 18.2 Å². The second kappa shape index (κ2) is 6.12. The summed E-state index contributed by atoms with van der Waals surface area (Å²) in [6, 6.07) is 5.11. The minimum absolute atomic E-state index is 0.0265. The van der Waals surface area contributed by atoms with Gasteiger partial charge in [-0.3, -0.25) is 9.69 Å². The van der Waals surface area contributed by atoms with E-state index in [4.69, 9.17) is 4.74 Å². The Morgan fingerprint density at radius 2 is 2.38 bits per heavy atom. The summed E-state index contributed by atoms with van der Waals surface area (Å²) in [7, 11) is 0. The molecule has 0 bridgehead atoms. The lowest BCUT2D eigenvalue weighted by Crippen LogP contribution is -2.50. The molecule has 0 unspecified atom stereocenters. The SMILES string of the molecule is Cc1ccc(C(=O)NC[C@@H]2CN3CCC[C@@H]3CO2)cc1F. The Labute approximate surface area is 124 Å².